The van der Waals surface area contributed by atoms with Crippen molar-refractivity contribution in [2.24, 2.45) is 5.92 Å². The molecule has 8 heteroatoms. The summed E-state index contributed by atoms with van der Waals surface area (Å²) in [5.41, 5.74) is 2.51. The van der Waals surface area contributed by atoms with Gasteiger partial charge in [0.2, 0.25) is 0 Å². The van der Waals surface area contributed by atoms with Gasteiger partial charge in [-0.25, -0.2) is 4.68 Å². The molecular formula is C22H33ClN6O. The Labute approximate surface area is 184 Å². The molecule has 164 valence electrons. The fourth-order valence-electron chi connectivity index (χ4n) is 4.62. The van der Waals surface area contributed by atoms with Crippen LogP contribution in [0.1, 0.15) is 50.5 Å². The summed E-state index contributed by atoms with van der Waals surface area (Å²) in [5.74, 6) is 1.54. The van der Waals surface area contributed by atoms with Crippen molar-refractivity contribution >= 4 is 17.3 Å². The van der Waals surface area contributed by atoms with Crippen molar-refractivity contribution in [3.8, 4) is 0 Å². The molecule has 0 spiro atoms. The number of anilines is 1. The Hall–Kier alpha value is -1.70. The van der Waals surface area contributed by atoms with Gasteiger partial charge in [0.05, 0.1) is 18.7 Å². The van der Waals surface area contributed by atoms with E-state index >= 15 is 0 Å². The second kappa shape index (κ2) is 9.62. The van der Waals surface area contributed by atoms with Crippen LogP contribution < -0.4 is 4.90 Å². The smallest absolute Gasteiger partial charge is 0.168 e. The maximum absolute atomic E-state index is 6.25. The van der Waals surface area contributed by atoms with E-state index in [0.29, 0.717) is 5.92 Å². The second-order valence-electron chi connectivity index (χ2n) is 8.95. The highest BCUT2D eigenvalue weighted by molar-refractivity contribution is 6.30. The van der Waals surface area contributed by atoms with Crippen molar-refractivity contribution in [1.29, 1.82) is 0 Å². The van der Waals surface area contributed by atoms with Crippen molar-refractivity contribution in [2.75, 3.05) is 37.7 Å². The lowest BCUT2D eigenvalue weighted by atomic mass is 10.0. The molecule has 0 aliphatic carbocycles. The van der Waals surface area contributed by atoms with E-state index in [1.807, 2.05) is 10.7 Å². The highest BCUT2D eigenvalue weighted by Crippen LogP contribution is 2.30. The molecule has 7 nitrogen and oxygen atoms in total. The first-order chi connectivity index (χ1) is 14.5. The molecule has 0 radical (unpaired) electrons. The van der Waals surface area contributed by atoms with Crippen LogP contribution in [0.3, 0.4) is 0 Å². The Morgan fingerprint density at radius 2 is 2.00 bits per heavy atom. The van der Waals surface area contributed by atoms with Gasteiger partial charge >= 0.3 is 0 Å². The highest BCUT2D eigenvalue weighted by Gasteiger charge is 2.31. The summed E-state index contributed by atoms with van der Waals surface area (Å²) in [6.45, 7) is 12.2. The van der Waals surface area contributed by atoms with Crippen LogP contribution in [0, 0.1) is 12.8 Å². The van der Waals surface area contributed by atoms with Gasteiger partial charge in [-0.1, -0.05) is 31.5 Å². The lowest BCUT2D eigenvalue weighted by Crippen LogP contribution is -2.48. The molecule has 3 heterocycles. The minimum absolute atomic E-state index is 0.226. The molecule has 2 saturated heterocycles. The third-order valence-corrected chi connectivity index (χ3v) is 6.45. The Balaban J connectivity index is 1.48. The summed E-state index contributed by atoms with van der Waals surface area (Å²) in [6, 6.07) is 6.37. The highest BCUT2D eigenvalue weighted by atomic mass is 35.5. The van der Waals surface area contributed by atoms with Crippen molar-refractivity contribution < 1.29 is 4.74 Å². The Morgan fingerprint density at radius 1 is 1.20 bits per heavy atom. The predicted molar refractivity (Wildman–Crippen MR) is 119 cm³/mol. The first-order valence-electron chi connectivity index (χ1n) is 11.1. The summed E-state index contributed by atoms with van der Waals surface area (Å²) in [4.78, 5) is 4.99. The average molecular weight is 433 g/mol. The summed E-state index contributed by atoms with van der Waals surface area (Å²) < 4.78 is 7.81. The number of benzene rings is 1. The van der Waals surface area contributed by atoms with E-state index in [-0.39, 0.29) is 12.1 Å². The molecular weight excluding hydrogens is 400 g/mol. The van der Waals surface area contributed by atoms with E-state index < -0.39 is 0 Å². The maximum Gasteiger partial charge on any atom is 0.168 e. The van der Waals surface area contributed by atoms with E-state index in [1.54, 1.807) is 0 Å². The van der Waals surface area contributed by atoms with Crippen LogP contribution in [0.15, 0.2) is 18.2 Å². The van der Waals surface area contributed by atoms with Gasteiger partial charge in [-0.3, -0.25) is 4.90 Å². The molecule has 0 amide bonds. The van der Waals surface area contributed by atoms with Gasteiger partial charge in [-0.15, -0.1) is 5.10 Å². The average Bonchev–Trinajstić information content (AvgIpc) is 3.41. The zero-order valence-electron chi connectivity index (χ0n) is 18.3. The molecule has 0 saturated carbocycles. The van der Waals surface area contributed by atoms with Crippen LogP contribution in [-0.2, 0) is 11.3 Å². The molecule has 4 rings (SSSR count). The predicted octanol–water partition coefficient (Wildman–Crippen LogP) is 3.72. The van der Waals surface area contributed by atoms with E-state index in [9.17, 15) is 0 Å². The first kappa shape index (κ1) is 21.5. The standard InChI is InChI=1S/C22H33ClN6O/c1-16(2)13-21(22-24-25-26-29(22)15-19-5-4-12-30-19)28-10-8-27(9-11-28)20-14-18(23)7-6-17(20)3/h6-7,14,16,19,21H,4-5,8-13,15H2,1-3H3/t19-,21-/m0/s1. The molecule has 2 fully saturated rings. The van der Waals surface area contributed by atoms with Gasteiger partial charge in [0.1, 0.15) is 0 Å². The summed E-state index contributed by atoms with van der Waals surface area (Å²) in [6.07, 6.45) is 3.49. The fraction of sp³-hybridized carbons (Fsp3) is 0.682. The van der Waals surface area contributed by atoms with Crippen molar-refractivity contribution in [3.05, 3.63) is 34.6 Å². The Bertz CT molecular complexity index is 827. The summed E-state index contributed by atoms with van der Waals surface area (Å²) in [5, 5.41) is 13.6. The number of hydrogen-bond acceptors (Lipinski definition) is 6. The zero-order valence-corrected chi connectivity index (χ0v) is 19.1. The van der Waals surface area contributed by atoms with Crippen molar-refractivity contribution in [1.82, 2.24) is 25.1 Å². The van der Waals surface area contributed by atoms with Crippen LogP contribution in [-0.4, -0.2) is 64.0 Å². The van der Waals surface area contributed by atoms with Crippen LogP contribution in [0.5, 0.6) is 0 Å². The van der Waals surface area contributed by atoms with Crippen molar-refractivity contribution in [2.45, 2.75) is 58.7 Å². The summed E-state index contributed by atoms with van der Waals surface area (Å²) >= 11 is 6.25. The molecule has 30 heavy (non-hydrogen) atoms. The number of nitrogens with zero attached hydrogens (tertiary/aromatic N) is 6. The topological polar surface area (TPSA) is 59.3 Å². The van der Waals surface area contributed by atoms with E-state index in [2.05, 4.69) is 58.2 Å². The molecule has 1 aromatic heterocycles. The van der Waals surface area contributed by atoms with Gasteiger partial charge in [0.25, 0.3) is 0 Å². The van der Waals surface area contributed by atoms with Gasteiger partial charge in [0, 0.05) is 43.5 Å². The Morgan fingerprint density at radius 3 is 2.70 bits per heavy atom. The van der Waals surface area contributed by atoms with Gasteiger partial charge in [0.15, 0.2) is 5.82 Å². The van der Waals surface area contributed by atoms with Crippen LogP contribution in [0.4, 0.5) is 5.69 Å². The number of hydrogen-bond donors (Lipinski definition) is 0. The number of ether oxygens (including phenoxy) is 1. The molecule has 2 aliphatic heterocycles. The number of aromatic nitrogens is 4. The number of rotatable bonds is 7. The van der Waals surface area contributed by atoms with Crippen LogP contribution in [0.2, 0.25) is 5.02 Å². The maximum atomic E-state index is 6.25. The molecule has 2 atom stereocenters. The lowest BCUT2D eigenvalue weighted by Gasteiger charge is -2.40. The Kier molecular flexibility index (Phi) is 6.91. The SMILES string of the molecule is Cc1ccc(Cl)cc1N1CCN([C@@H](CC(C)C)c2nnnn2C[C@@H]2CCCO2)CC1. The molecule has 2 aromatic rings. The largest absolute Gasteiger partial charge is 0.376 e. The van der Waals surface area contributed by atoms with E-state index in [4.69, 9.17) is 16.3 Å². The molecule has 0 N–H and O–H groups in total. The van der Waals surface area contributed by atoms with Crippen molar-refractivity contribution in [3.63, 3.8) is 0 Å². The minimum atomic E-state index is 0.226. The number of piperazine rings is 1. The van der Waals surface area contributed by atoms with Gasteiger partial charge in [-0.05, 0) is 60.2 Å². The monoisotopic (exact) mass is 432 g/mol. The van der Waals surface area contributed by atoms with Crippen LogP contribution >= 0.6 is 11.6 Å². The molecule has 0 unspecified atom stereocenters. The van der Waals surface area contributed by atoms with E-state index in [1.165, 1.54) is 11.3 Å². The first-order valence-corrected chi connectivity index (χ1v) is 11.5. The fourth-order valence-corrected chi connectivity index (χ4v) is 4.79. The minimum Gasteiger partial charge on any atom is -0.376 e. The normalized spacial score (nSPS) is 21.5. The summed E-state index contributed by atoms with van der Waals surface area (Å²) in [7, 11) is 0. The van der Waals surface area contributed by atoms with Crippen LogP contribution in [0.25, 0.3) is 0 Å². The quantitative estimate of drug-likeness (QED) is 0.664. The number of halogens is 1. The third-order valence-electron chi connectivity index (χ3n) is 6.22. The molecule has 2 aliphatic rings. The molecule has 1 aromatic carbocycles. The lowest BCUT2D eigenvalue weighted by molar-refractivity contribution is 0.0885. The number of aryl methyl sites for hydroxylation is 1. The van der Waals surface area contributed by atoms with E-state index in [0.717, 1.165) is 69.4 Å². The zero-order chi connectivity index (χ0) is 21.1. The second-order valence-corrected chi connectivity index (χ2v) is 9.39. The van der Waals surface area contributed by atoms with Gasteiger partial charge in [-0.2, -0.15) is 0 Å². The molecule has 0 bridgehead atoms. The van der Waals surface area contributed by atoms with Gasteiger partial charge < -0.3 is 9.64 Å². The third kappa shape index (κ3) is 4.95. The number of tetrazole rings is 1.